The van der Waals surface area contributed by atoms with E-state index in [1.807, 2.05) is 0 Å². The highest BCUT2D eigenvalue weighted by Crippen LogP contribution is 2.25. The van der Waals surface area contributed by atoms with Crippen molar-refractivity contribution in [2.75, 3.05) is 11.9 Å². The molecule has 0 aliphatic heterocycles. The number of halogens is 5. The van der Waals surface area contributed by atoms with Gasteiger partial charge in [0.05, 0.1) is 17.1 Å². The molecular formula is C10H8ClF4NO2. The summed E-state index contributed by atoms with van der Waals surface area (Å²) in [7, 11) is 0. The summed E-state index contributed by atoms with van der Waals surface area (Å²) in [6.07, 6.45) is -3.78. The maximum absolute atomic E-state index is 12.6. The lowest BCUT2D eigenvalue weighted by Crippen LogP contribution is -2.34. The smallest absolute Gasteiger partial charge is 0.337 e. The molecule has 0 fully saturated rings. The van der Waals surface area contributed by atoms with Gasteiger partial charge in [0.15, 0.2) is 0 Å². The number of benzene rings is 1. The van der Waals surface area contributed by atoms with Crippen LogP contribution in [0.3, 0.4) is 0 Å². The number of anilines is 1. The van der Waals surface area contributed by atoms with Crippen LogP contribution in [0.25, 0.3) is 0 Å². The molecule has 0 saturated carbocycles. The molecule has 0 heterocycles. The number of alkyl halides is 4. The normalized spacial score (nSPS) is 11.7. The number of carboxylic acid groups (broad SMARTS) is 1. The highest BCUT2D eigenvalue weighted by atomic mass is 35.5. The van der Waals surface area contributed by atoms with Crippen LogP contribution in [0.5, 0.6) is 0 Å². The first-order chi connectivity index (χ1) is 8.24. The topological polar surface area (TPSA) is 49.3 Å². The maximum Gasteiger partial charge on any atom is 0.337 e. The van der Waals surface area contributed by atoms with E-state index in [2.05, 4.69) is 5.32 Å². The Morgan fingerprint density at radius 2 is 2.06 bits per heavy atom. The van der Waals surface area contributed by atoms with E-state index >= 15 is 0 Å². The van der Waals surface area contributed by atoms with Crippen LogP contribution >= 0.6 is 11.6 Å². The van der Waals surface area contributed by atoms with Crippen LogP contribution in [0, 0.1) is 0 Å². The van der Waals surface area contributed by atoms with E-state index in [-0.39, 0.29) is 16.3 Å². The molecule has 2 N–H and O–H groups in total. The largest absolute Gasteiger partial charge is 0.478 e. The molecule has 0 amide bonds. The summed E-state index contributed by atoms with van der Waals surface area (Å²) in [6.45, 7) is -1.27. The Balaban J connectivity index is 2.76. The monoisotopic (exact) mass is 285 g/mol. The zero-order chi connectivity index (χ0) is 13.9. The Kier molecular flexibility index (Phi) is 4.39. The number of hydrogen-bond donors (Lipinski definition) is 2. The third kappa shape index (κ3) is 3.49. The summed E-state index contributed by atoms with van der Waals surface area (Å²) in [5.41, 5.74) is -0.173. The Morgan fingerprint density at radius 1 is 1.44 bits per heavy atom. The fourth-order valence-electron chi connectivity index (χ4n) is 1.10. The maximum atomic E-state index is 12.6. The minimum Gasteiger partial charge on any atom is -0.478 e. The van der Waals surface area contributed by atoms with Gasteiger partial charge in [0, 0.05) is 5.69 Å². The molecule has 100 valence electrons. The summed E-state index contributed by atoms with van der Waals surface area (Å²) in [5, 5.41) is 10.6. The van der Waals surface area contributed by atoms with Crippen LogP contribution in [-0.2, 0) is 0 Å². The van der Waals surface area contributed by atoms with E-state index in [1.165, 1.54) is 0 Å². The fourth-order valence-corrected chi connectivity index (χ4v) is 1.36. The van der Waals surface area contributed by atoms with Crippen molar-refractivity contribution < 1.29 is 27.5 Å². The van der Waals surface area contributed by atoms with Gasteiger partial charge in [-0.3, -0.25) is 0 Å². The van der Waals surface area contributed by atoms with Gasteiger partial charge in [-0.25, -0.2) is 13.6 Å². The first kappa shape index (κ1) is 14.6. The van der Waals surface area contributed by atoms with Gasteiger partial charge in [-0.15, -0.1) is 0 Å². The highest BCUT2D eigenvalue weighted by molar-refractivity contribution is 6.33. The predicted octanol–water partition coefficient (Wildman–Crippen LogP) is 3.35. The van der Waals surface area contributed by atoms with Gasteiger partial charge in [0.1, 0.15) is 0 Å². The van der Waals surface area contributed by atoms with Crippen molar-refractivity contribution in [3.63, 3.8) is 0 Å². The SMILES string of the molecule is O=C(O)c1ccc(NCC(F)(F)C(F)F)cc1Cl. The number of hydrogen-bond acceptors (Lipinski definition) is 2. The third-order valence-electron chi connectivity index (χ3n) is 2.05. The van der Waals surface area contributed by atoms with Crippen molar-refractivity contribution in [2.24, 2.45) is 0 Å². The number of nitrogens with one attached hydrogen (secondary N) is 1. The Hall–Kier alpha value is -1.50. The van der Waals surface area contributed by atoms with E-state index < -0.39 is 24.9 Å². The zero-order valence-electron chi connectivity index (χ0n) is 8.76. The molecule has 0 radical (unpaired) electrons. The Bertz CT molecular complexity index is 454. The number of carbonyl (C=O) groups is 1. The van der Waals surface area contributed by atoms with Crippen LogP contribution in [0.15, 0.2) is 18.2 Å². The molecule has 1 aromatic carbocycles. The van der Waals surface area contributed by atoms with E-state index in [0.29, 0.717) is 0 Å². The van der Waals surface area contributed by atoms with Crippen molar-refractivity contribution in [3.8, 4) is 0 Å². The Morgan fingerprint density at radius 3 is 2.50 bits per heavy atom. The third-order valence-corrected chi connectivity index (χ3v) is 2.36. The number of rotatable bonds is 5. The molecule has 0 aromatic heterocycles. The molecule has 8 heteroatoms. The van der Waals surface area contributed by atoms with Crippen LogP contribution in [0.1, 0.15) is 10.4 Å². The summed E-state index contributed by atoms with van der Waals surface area (Å²) < 4.78 is 48.9. The molecule has 0 unspecified atom stereocenters. The second-order valence-electron chi connectivity index (χ2n) is 3.42. The zero-order valence-corrected chi connectivity index (χ0v) is 9.52. The molecule has 0 bridgehead atoms. The summed E-state index contributed by atoms with van der Waals surface area (Å²) in [5.74, 6) is -5.44. The van der Waals surface area contributed by atoms with Gasteiger partial charge in [0.25, 0.3) is 0 Å². The summed E-state index contributed by atoms with van der Waals surface area (Å²) in [6, 6.07) is 3.33. The predicted molar refractivity (Wildman–Crippen MR) is 57.9 cm³/mol. The van der Waals surface area contributed by atoms with Gasteiger partial charge in [-0.2, -0.15) is 8.78 Å². The van der Waals surface area contributed by atoms with E-state index in [0.717, 1.165) is 18.2 Å². The van der Waals surface area contributed by atoms with Crippen molar-refractivity contribution in [2.45, 2.75) is 12.3 Å². The molecule has 18 heavy (non-hydrogen) atoms. The van der Waals surface area contributed by atoms with Gasteiger partial charge in [0.2, 0.25) is 0 Å². The minimum atomic E-state index is -4.17. The van der Waals surface area contributed by atoms with Crippen LogP contribution in [0.2, 0.25) is 5.02 Å². The lowest BCUT2D eigenvalue weighted by molar-refractivity contribution is -0.117. The summed E-state index contributed by atoms with van der Waals surface area (Å²) >= 11 is 5.58. The van der Waals surface area contributed by atoms with Crippen LogP contribution in [-0.4, -0.2) is 30.0 Å². The average molecular weight is 286 g/mol. The highest BCUT2D eigenvalue weighted by Gasteiger charge is 2.40. The van der Waals surface area contributed by atoms with E-state index in [1.54, 1.807) is 0 Å². The first-order valence-corrected chi connectivity index (χ1v) is 5.04. The first-order valence-electron chi connectivity index (χ1n) is 4.66. The molecule has 1 aromatic rings. The van der Waals surface area contributed by atoms with Crippen LogP contribution < -0.4 is 5.32 Å². The lowest BCUT2D eigenvalue weighted by Gasteiger charge is -2.16. The molecule has 1 rings (SSSR count). The fraction of sp³-hybridized carbons (Fsp3) is 0.300. The molecule has 0 aliphatic rings. The minimum absolute atomic E-state index is 0.0327. The molecule has 3 nitrogen and oxygen atoms in total. The number of aromatic carboxylic acids is 1. The van der Waals surface area contributed by atoms with Crippen molar-refractivity contribution in [1.29, 1.82) is 0 Å². The lowest BCUT2D eigenvalue weighted by atomic mass is 10.2. The van der Waals surface area contributed by atoms with Crippen molar-refractivity contribution in [3.05, 3.63) is 28.8 Å². The van der Waals surface area contributed by atoms with Gasteiger partial charge < -0.3 is 10.4 Å². The second-order valence-corrected chi connectivity index (χ2v) is 3.82. The standard InChI is InChI=1S/C10H8ClF4NO2/c11-7-3-5(1-2-6(7)8(17)18)16-4-10(14,15)9(12)13/h1-3,9,16H,4H2,(H,17,18). The molecule has 0 aliphatic carbocycles. The number of carboxylic acids is 1. The van der Waals surface area contributed by atoms with Crippen LogP contribution in [0.4, 0.5) is 23.2 Å². The van der Waals surface area contributed by atoms with E-state index in [4.69, 9.17) is 16.7 Å². The van der Waals surface area contributed by atoms with Gasteiger partial charge >= 0.3 is 18.3 Å². The summed E-state index contributed by atoms with van der Waals surface area (Å²) in [4.78, 5) is 10.6. The van der Waals surface area contributed by atoms with Gasteiger partial charge in [-0.05, 0) is 18.2 Å². The van der Waals surface area contributed by atoms with Crippen molar-refractivity contribution in [1.82, 2.24) is 0 Å². The van der Waals surface area contributed by atoms with Crippen molar-refractivity contribution >= 4 is 23.3 Å². The average Bonchev–Trinajstić information content (AvgIpc) is 2.25. The quantitative estimate of drug-likeness (QED) is 0.816. The Labute approximate surface area is 104 Å². The molecule has 0 atom stereocenters. The molecule has 0 spiro atoms. The van der Waals surface area contributed by atoms with E-state index in [9.17, 15) is 22.4 Å². The molecular weight excluding hydrogens is 278 g/mol. The van der Waals surface area contributed by atoms with Gasteiger partial charge in [-0.1, -0.05) is 11.6 Å². The molecule has 0 saturated heterocycles. The second kappa shape index (κ2) is 5.43.